The maximum atomic E-state index is 10.8. The second-order valence-corrected chi connectivity index (χ2v) is 10.4. The SMILES string of the molecule is O=C(O)C1=CC(=C2C=C(C(=O)O)C=C[N-]2)[N-]C=C1.O=C(O)C1=CC(=C2C=C(C(=O)O)C=C[N-]2)[N-]C=C1.O=C(O)C1=CC(=C2C=C(C(=O)O)C=C[N-]2)[N-]C=C1.[Cl-].[Cl-].[Ru+8]. The number of aliphatic carboxylic acids is 6. The van der Waals surface area contributed by atoms with Crippen LogP contribution < -0.4 is 24.8 Å². The molecule has 18 nitrogen and oxygen atoms in total. The molecule has 6 aliphatic heterocycles. The van der Waals surface area contributed by atoms with Crippen molar-refractivity contribution in [2.24, 2.45) is 0 Å². The van der Waals surface area contributed by atoms with Gasteiger partial charge in [-0.1, -0.05) is 72.9 Å². The van der Waals surface area contributed by atoms with Crippen LogP contribution >= 0.6 is 0 Å². The van der Waals surface area contributed by atoms with E-state index in [4.69, 9.17) is 30.6 Å². The molecule has 0 aliphatic carbocycles. The Kier molecular flexibility index (Phi) is 18.8. The van der Waals surface area contributed by atoms with E-state index in [9.17, 15) is 28.8 Å². The molecule has 6 heterocycles. The molecule has 0 aromatic heterocycles. The Balaban J connectivity index is 0.000000417. The standard InChI is InChI=1S/3C12H8N2O4.2ClH.Ru/c3*15-11(16)7-1-3-13-9(5-7)10-6-8(12(17)18)2-4-14-10;;;/h3*1-6H,(H,15,16)(H,17,18);2*1H;/q3*-2;;;+8/p-2. The molecule has 0 saturated heterocycles. The van der Waals surface area contributed by atoms with Gasteiger partial charge in [0.05, 0.1) is 33.4 Å². The van der Waals surface area contributed by atoms with Gasteiger partial charge in [-0.15, -0.1) is 0 Å². The number of hydrogen-bond donors (Lipinski definition) is 6. The zero-order valence-electron chi connectivity index (χ0n) is 28.3. The van der Waals surface area contributed by atoms with Gasteiger partial charge in [0.2, 0.25) is 0 Å². The van der Waals surface area contributed by atoms with Crippen LogP contribution in [0.2, 0.25) is 0 Å². The van der Waals surface area contributed by atoms with Crippen LogP contribution in [0.15, 0.2) is 178 Å². The normalized spacial score (nSPS) is 20.4. The average molecular weight is 905 g/mol. The molecule has 6 N–H and O–H groups in total. The van der Waals surface area contributed by atoms with E-state index in [-0.39, 0.29) is 77.7 Å². The van der Waals surface area contributed by atoms with Crippen molar-refractivity contribution in [3.63, 3.8) is 0 Å². The van der Waals surface area contributed by atoms with Crippen molar-refractivity contribution in [1.29, 1.82) is 0 Å². The van der Waals surface area contributed by atoms with Crippen molar-refractivity contribution in [2.45, 2.75) is 0 Å². The molecule has 0 atom stereocenters. The Hall–Kier alpha value is -7.08. The second-order valence-electron chi connectivity index (χ2n) is 10.4. The molecule has 57 heavy (non-hydrogen) atoms. The van der Waals surface area contributed by atoms with E-state index >= 15 is 0 Å². The van der Waals surface area contributed by atoms with Crippen LogP contribution in [0.25, 0.3) is 31.9 Å². The summed E-state index contributed by atoms with van der Waals surface area (Å²) in [6, 6.07) is 0. The number of carboxylic acid groups (broad SMARTS) is 6. The van der Waals surface area contributed by atoms with E-state index in [2.05, 4.69) is 31.9 Å². The van der Waals surface area contributed by atoms with Gasteiger partial charge >= 0.3 is 55.3 Å². The smallest absolute Gasteiger partial charge is 1.00 e. The van der Waals surface area contributed by atoms with Crippen LogP contribution in [0, 0.1) is 0 Å². The predicted molar refractivity (Wildman–Crippen MR) is 190 cm³/mol. The third-order valence-electron chi connectivity index (χ3n) is 6.83. The van der Waals surface area contributed by atoms with Crippen molar-refractivity contribution in [2.75, 3.05) is 0 Å². The van der Waals surface area contributed by atoms with Crippen molar-refractivity contribution in [1.82, 2.24) is 0 Å². The van der Waals surface area contributed by atoms with E-state index in [1.165, 1.54) is 110 Å². The molecule has 0 unspecified atom stereocenters. The number of carbonyl (C=O) groups is 6. The molecule has 6 aliphatic rings. The van der Waals surface area contributed by atoms with Gasteiger partial charge in [0.25, 0.3) is 0 Å². The van der Waals surface area contributed by atoms with Crippen LogP contribution in [0.4, 0.5) is 0 Å². The summed E-state index contributed by atoms with van der Waals surface area (Å²) in [5.41, 5.74) is 2.34. The molecule has 0 saturated carbocycles. The number of rotatable bonds is 6. The molecule has 0 aromatic rings. The first-order valence-electron chi connectivity index (χ1n) is 14.9. The molecule has 0 radical (unpaired) electrons. The Bertz CT molecular complexity index is 1810. The predicted octanol–water partition coefficient (Wildman–Crippen LogP) is 0.0715. The molecule has 21 heteroatoms. The van der Waals surface area contributed by atoms with E-state index in [0.29, 0.717) is 34.2 Å². The minimum absolute atomic E-state index is 0. The third-order valence-corrected chi connectivity index (χ3v) is 6.83. The number of allylic oxidation sites excluding steroid dienone is 6. The zero-order chi connectivity index (χ0) is 39.4. The summed E-state index contributed by atoms with van der Waals surface area (Å²) in [5.74, 6) is -6.46. The van der Waals surface area contributed by atoms with Crippen molar-refractivity contribution in [3.05, 3.63) is 210 Å². The van der Waals surface area contributed by atoms with Crippen LogP contribution in [0.3, 0.4) is 0 Å². The van der Waals surface area contributed by atoms with Crippen molar-refractivity contribution in [3.8, 4) is 0 Å². The van der Waals surface area contributed by atoms with E-state index < -0.39 is 35.8 Å². The monoisotopic (exact) mass is 904 g/mol. The zero-order valence-corrected chi connectivity index (χ0v) is 31.6. The number of carboxylic acids is 6. The van der Waals surface area contributed by atoms with Crippen LogP contribution in [-0.2, 0) is 48.2 Å². The summed E-state index contributed by atoms with van der Waals surface area (Å²) in [6.07, 6.45) is 24.2. The summed E-state index contributed by atoms with van der Waals surface area (Å²) < 4.78 is 0. The van der Waals surface area contributed by atoms with Gasteiger partial charge in [-0.2, -0.15) is 71.4 Å². The minimum atomic E-state index is -1.08. The van der Waals surface area contributed by atoms with E-state index in [1.807, 2.05) is 0 Å². The quantitative estimate of drug-likeness (QED) is 0.193. The third kappa shape index (κ3) is 13.6. The van der Waals surface area contributed by atoms with Gasteiger partial charge in [0, 0.05) is 0 Å². The molecule has 0 amide bonds. The van der Waals surface area contributed by atoms with E-state index in [0.717, 1.165) is 0 Å². The van der Waals surface area contributed by atoms with Crippen LogP contribution in [0.5, 0.6) is 0 Å². The van der Waals surface area contributed by atoms with Gasteiger partial charge in [0.15, 0.2) is 0 Å². The summed E-state index contributed by atoms with van der Waals surface area (Å²) in [4.78, 5) is 64.9. The molecular weight excluding hydrogens is 880 g/mol. The van der Waals surface area contributed by atoms with Gasteiger partial charge in [-0.3, -0.25) is 0 Å². The first-order chi connectivity index (χ1) is 25.7. The van der Waals surface area contributed by atoms with Crippen molar-refractivity contribution < 1.29 is 104 Å². The second kappa shape index (κ2) is 22.3. The van der Waals surface area contributed by atoms with Gasteiger partial charge in [-0.25, -0.2) is 28.8 Å². The van der Waals surface area contributed by atoms with Gasteiger partial charge < -0.3 is 87.4 Å². The Labute approximate surface area is 347 Å². The fourth-order valence-corrected chi connectivity index (χ4v) is 4.22. The number of nitrogens with zero attached hydrogens (tertiary/aromatic N) is 6. The largest absolute Gasteiger partial charge is 8.00 e. The fraction of sp³-hybridized carbons (Fsp3) is 0. The molecule has 292 valence electrons. The first-order valence-corrected chi connectivity index (χ1v) is 14.9. The molecule has 0 bridgehead atoms. The summed E-state index contributed by atoms with van der Waals surface area (Å²) >= 11 is 0. The maximum absolute atomic E-state index is 10.8. The fourth-order valence-electron chi connectivity index (χ4n) is 4.22. The molecule has 0 aromatic carbocycles. The number of hydrogen-bond acceptors (Lipinski definition) is 6. The first kappa shape index (κ1) is 47.9. The summed E-state index contributed by atoms with van der Waals surface area (Å²) in [6.45, 7) is 0. The Morgan fingerprint density at radius 2 is 0.421 bits per heavy atom. The van der Waals surface area contributed by atoms with Crippen LogP contribution in [0.1, 0.15) is 0 Å². The maximum Gasteiger partial charge on any atom is 8.00 e. The van der Waals surface area contributed by atoms with Gasteiger partial charge in [-0.05, 0) is 0 Å². The Morgan fingerprint density at radius 3 is 0.526 bits per heavy atom. The summed E-state index contributed by atoms with van der Waals surface area (Å²) in [5, 5.41) is 77.0. The average Bonchev–Trinajstić information content (AvgIpc) is 3.18. The number of halogens is 2. The molecule has 0 spiro atoms. The van der Waals surface area contributed by atoms with Gasteiger partial charge in [0.1, 0.15) is 0 Å². The molecule has 0 fully saturated rings. The minimum Gasteiger partial charge on any atom is -1.00 e. The molecule has 6 rings (SSSR count). The van der Waals surface area contributed by atoms with E-state index in [1.54, 1.807) is 0 Å². The Morgan fingerprint density at radius 1 is 0.298 bits per heavy atom. The molecular formula is C36H24Cl2N6O12Ru. The van der Waals surface area contributed by atoms with Crippen molar-refractivity contribution >= 4 is 35.8 Å². The topological polar surface area (TPSA) is 308 Å². The van der Waals surface area contributed by atoms with Crippen LogP contribution in [-0.4, -0.2) is 66.5 Å². The summed E-state index contributed by atoms with van der Waals surface area (Å²) in [7, 11) is 0.